The van der Waals surface area contributed by atoms with Gasteiger partial charge in [-0.25, -0.2) is 4.31 Å². The summed E-state index contributed by atoms with van der Waals surface area (Å²) in [7, 11) is -3.98. The summed E-state index contributed by atoms with van der Waals surface area (Å²) in [5, 5.41) is 0. The first-order valence-corrected chi connectivity index (χ1v) is 6.36. The van der Waals surface area contributed by atoms with Gasteiger partial charge in [0.05, 0.1) is 6.61 Å². The maximum atomic E-state index is 9.25. The molecule has 0 aromatic heterocycles. The van der Waals surface area contributed by atoms with Gasteiger partial charge in [0, 0.05) is 0 Å². The molecule has 1 heterocycles. The molecule has 1 fully saturated rings. The third-order valence-electron chi connectivity index (χ3n) is 2.14. The smallest absolute Gasteiger partial charge is 0.328 e. The van der Waals surface area contributed by atoms with Gasteiger partial charge in [0.1, 0.15) is 5.60 Å². The van der Waals surface area contributed by atoms with Crippen LogP contribution in [0, 0.1) is 0 Å². The molecule has 0 aliphatic carbocycles. The summed E-state index contributed by atoms with van der Waals surface area (Å²) in [4.78, 5) is 18.3. The van der Waals surface area contributed by atoms with Crippen LogP contribution in [-0.4, -0.2) is 22.0 Å². The van der Waals surface area contributed by atoms with Gasteiger partial charge in [-0.15, -0.1) is 0 Å². The third kappa shape index (κ3) is 3.07. The highest BCUT2D eigenvalue weighted by Gasteiger charge is 2.37. The quantitative estimate of drug-likeness (QED) is 0.708. The second-order valence-electron chi connectivity index (χ2n) is 2.81. The Balaban J connectivity index is 2.65. The number of rotatable bonds is 2. The van der Waals surface area contributed by atoms with Gasteiger partial charge >= 0.3 is 17.2 Å². The molecule has 78 valence electrons. The molecule has 1 aliphatic rings. The van der Waals surface area contributed by atoms with Crippen LogP contribution in [0.2, 0.25) is 0 Å². The Hall–Kier alpha value is 0.660. The van der Waals surface area contributed by atoms with Crippen LogP contribution in [0.5, 0.6) is 0 Å². The van der Waals surface area contributed by atoms with E-state index in [0.29, 0.717) is 0 Å². The van der Waals surface area contributed by atoms with Crippen molar-refractivity contribution in [2.75, 3.05) is 6.61 Å². The maximum absolute atomic E-state index is 9.25. The highest BCUT2D eigenvalue weighted by molar-refractivity contribution is 7.54. The van der Waals surface area contributed by atoms with Crippen molar-refractivity contribution in [3.8, 4) is 0 Å². The summed E-state index contributed by atoms with van der Waals surface area (Å²) >= 11 is 0. The van der Waals surface area contributed by atoms with Crippen molar-refractivity contribution in [1.82, 2.24) is 0 Å². The molecule has 2 unspecified atom stereocenters. The fourth-order valence-corrected chi connectivity index (χ4v) is 2.84. The Bertz CT molecular complexity index is 163. The third-order valence-corrected chi connectivity index (χ3v) is 4.15. The topological polar surface area (TPSA) is 68.2 Å². The van der Waals surface area contributed by atoms with Crippen LogP contribution < -0.4 is 0 Å². The molecule has 2 atom stereocenters. The fourth-order valence-electron chi connectivity index (χ4n) is 1.05. The Labute approximate surface area is 80.0 Å². The molecule has 0 radical (unpaired) electrons. The molecule has 0 aromatic carbocycles. The number of hydrogen-bond acceptors (Lipinski definition) is 5. The molecule has 1 aliphatic heterocycles. The van der Waals surface area contributed by atoms with Gasteiger partial charge in [0.2, 0.25) is 0 Å². The van der Waals surface area contributed by atoms with Gasteiger partial charge in [0.15, 0.2) is 0 Å². The normalized spacial score (nSPS) is 34.2. The minimum atomic E-state index is -2.00. The zero-order chi connectivity index (χ0) is 9.90. The molecule has 2 N–H and O–H groups in total. The van der Waals surface area contributed by atoms with E-state index in [1.165, 1.54) is 0 Å². The maximum Gasteiger partial charge on any atom is 0.337 e. The van der Waals surface area contributed by atoms with E-state index < -0.39 is 22.8 Å². The van der Waals surface area contributed by atoms with Crippen LogP contribution in [0.1, 0.15) is 26.7 Å². The number of hydrogen-bond donors (Lipinski definition) is 2. The first-order valence-electron chi connectivity index (χ1n) is 4.10. The van der Waals surface area contributed by atoms with Crippen molar-refractivity contribution in [2.45, 2.75) is 32.3 Å². The molecular formula is C6H14O5P2. The van der Waals surface area contributed by atoms with Gasteiger partial charge in [-0.2, -0.15) is 0 Å². The zero-order valence-electron chi connectivity index (χ0n) is 7.63. The molecule has 7 heteroatoms. The Morgan fingerprint density at radius 2 is 1.85 bits per heavy atom. The molecule has 13 heavy (non-hydrogen) atoms. The zero-order valence-corrected chi connectivity index (χ0v) is 9.42. The molecule has 0 aromatic rings. The van der Waals surface area contributed by atoms with Gasteiger partial charge in [-0.1, -0.05) is 13.8 Å². The van der Waals surface area contributed by atoms with Crippen LogP contribution in [0.25, 0.3) is 0 Å². The van der Waals surface area contributed by atoms with E-state index in [-0.39, 0.29) is 6.61 Å². The Morgan fingerprint density at radius 3 is 2.38 bits per heavy atom. The van der Waals surface area contributed by atoms with Crippen LogP contribution in [0.3, 0.4) is 0 Å². The lowest BCUT2D eigenvalue weighted by Gasteiger charge is -2.28. The predicted octanol–water partition coefficient (Wildman–Crippen LogP) is 2.05. The van der Waals surface area contributed by atoms with Crippen LogP contribution in [0.4, 0.5) is 0 Å². The fraction of sp³-hybridized carbons (Fsp3) is 1.00. The van der Waals surface area contributed by atoms with E-state index >= 15 is 0 Å². The lowest BCUT2D eigenvalue weighted by Crippen LogP contribution is -2.33. The minimum absolute atomic E-state index is 0.265. The lowest BCUT2D eigenvalue weighted by atomic mass is 9.99. The summed E-state index contributed by atoms with van der Waals surface area (Å²) in [6.45, 7) is 4.16. The minimum Gasteiger partial charge on any atom is -0.328 e. The molecule has 0 amide bonds. The molecule has 0 saturated carbocycles. The Morgan fingerprint density at radius 1 is 1.23 bits per heavy atom. The predicted molar refractivity (Wildman–Crippen MR) is 49.7 cm³/mol. The Kier molecular flexibility index (Phi) is 4.46. The van der Waals surface area contributed by atoms with E-state index in [1.54, 1.807) is 0 Å². The van der Waals surface area contributed by atoms with Crippen molar-refractivity contribution in [3.63, 3.8) is 0 Å². The standard InChI is InChI=1S/C6H14O5P2/c1-3-6(4-2)5-9-12(7)11-13(8)10-6/h7-8H,3-5H2,1-2H3. The highest BCUT2D eigenvalue weighted by atomic mass is 31.2. The van der Waals surface area contributed by atoms with Gasteiger partial charge < -0.3 is 18.8 Å². The van der Waals surface area contributed by atoms with Crippen molar-refractivity contribution in [1.29, 1.82) is 0 Å². The van der Waals surface area contributed by atoms with E-state index in [1.807, 2.05) is 13.8 Å². The SMILES string of the molecule is CCC1(CC)COP(O)OP(O)O1. The summed E-state index contributed by atoms with van der Waals surface area (Å²) in [5.74, 6) is 0. The van der Waals surface area contributed by atoms with Crippen molar-refractivity contribution < 1.29 is 23.1 Å². The second-order valence-corrected chi connectivity index (χ2v) is 4.86. The van der Waals surface area contributed by atoms with Crippen LogP contribution in [0.15, 0.2) is 0 Å². The van der Waals surface area contributed by atoms with Crippen LogP contribution >= 0.6 is 17.2 Å². The van der Waals surface area contributed by atoms with E-state index in [0.717, 1.165) is 12.8 Å². The summed E-state index contributed by atoms with van der Waals surface area (Å²) in [6.07, 6.45) is 1.44. The average Bonchev–Trinajstić information content (AvgIpc) is 2.25. The first kappa shape index (κ1) is 11.7. The van der Waals surface area contributed by atoms with E-state index in [9.17, 15) is 4.89 Å². The molecule has 1 rings (SSSR count). The van der Waals surface area contributed by atoms with E-state index in [4.69, 9.17) is 13.9 Å². The summed E-state index contributed by atoms with van der Waals surface area (Å²) in [5.41, 5.74) is -0.514. The van der Waals surface area contributed by atoms with Gasteiger partial charge in [0.25, 0.3) is 0 Å². The first-order chi connectivity index (χ1) is 6.12. The van der Waals surface area contributed by atoms with Crippen molar-refractivity contribution in [3.05, 3.63) is 0 Å². The largest absolute Gasteiger partial charge is 0.337 e. The molecule has 1 saturated heterocycles. The van der Waals surface area contributed by atoms with Crippen molar-refractivity contribution >= 4 is 17.2 Å². The second kappa shape index (κ2) is 4.94. The van der Waals surface area contributed by atoms with Gasteiger partial charge in [-0.3, -0.25) is 0 Å². The van der Waals surface area contributed by atoms with Crippen LogP contribution in [-0.2, 0) is 13.4 Å². The summed E-state index contributed by atoms with van der Waals surface area (Å²) < 4.78 is 15.0. The van der Waals surface area contributed by atoms with E-state index in [2.05, 4.69) is 4.31 Å². The molecule has 0 bridgehead atoms. The molecule has 5 nitrogen and oxygen atoms in total. The molecular weight excluding hydrogens is 214 g/mol. The summed E-state index contributed by atoms with van der Waals surface area (Å²) in [6, 6.07) is 0. The molecule has 0 spiro atoms. The lowest BCUT2D eigenvalue weighted by molar-refractivity contribution is 0.0191. The highest BCUT2D eigenvalue weighted by Crippen LogP contribution is 2.56. The van der Waals surface area contributed by atoms with Gasteiger partial charge in [-0.05, 0) is 12.8 Å². The average molecular weight is 228 g/mol. The van der Waals surface area contributed by atoms with Crippen molar-refractivity contribution in [2.24, 2.45) is 0 Å². The monoisotopic (exact) mass is 228 g/mol.